The van der Waals surface area contributed by atoms with Crippen LogP contribution < -0.4 is 30.1 Å². The van der Waals surface area contributed by atoms with E-state index in [1.807, 2.05) is 6.92 Å². The van der Waals surface area contributed by atoms with Gasteiger partial charge in [-0.05, 0) is 58.7 Å². The van der Waals surface area contributed by atoms with Gasteiger partial charge in [0.25, 0.3) is 11.8 Å². The van der Waals surface area contributed by atoms with Gasteiger partial charge in [0.15, 0.2) is 29.6 Å². The SMILES string of the molecule is CCOc1ccc(C(=O)N/N=C/c2cc(Br)c(OCC(N)=O)c(OC)c2)cc1OC. The Kier molecular flexibility index (Phi) is 8.48. The zero-order chi connectivity index (χ0) is 22.1. The molecule has 9 nitrogen and oxygen atoms in total. The molecule has 0 fully saturated rings. The summed E-state index contributed by atoms with van der Waals surface area (Å²) in [5.41, 5.74) is 8.53. The fourth-order valence-electron chi connectivity index (χ4n) is 2.41. The number of primary amides is 1. The summed E-state index contributed by atoms with van der Waals surface area (Å²) in [5, 5.41) is 3.96. The second-order valence-corrected chi connectivity index (χ2v) is 6.64. The summed E-state index contributed by atoms with van der Waals surface area (Å²) in [6.45, 7) is 2.06. The minimum Gasteiger partial charge on any atom is -0.493 e. The average Bonchev–Trinajstić information content (AvgIpc) is 2.72. The number of nitrogens with two attached hydrogens (primary N) is 1. The van der Waals surface area contributed by atoms with Gasteiger partial charge in [0.05, 0.1) is 31.5 Å². The van der Waals surface area contributed by atoms with E-state index in [0.29, 0.717) is 45.2 Å². The van der Waals surface area contributed by atoms with E-state index in [1.165, 1.54) is 20.4 Å². The summed E-state index contributed by atoms with van der Waals surface area (Å²) in [5.74, 6) is 0.682. The first-order chi connectivity index (χ1) is 14.4. The predicted molar refractivity (Wildman–Crippen MR) is 115 cm³/mol. The maximum absolute atomic E-state index is 12.3. The third-order valence-corrected chi connectivity index (χ3v) is 4.30. The lowest BCUT2D eigenvalue weighted by Crippen LogP contribution is -2.20. The van der Waals surface area contributed by atoms with Gasteiger partial charge in [-0.1, -0.05) is 0 Å². The van der Waals surface area contributed by atoms with Crippen molar-refractivity contribution < 1.29 is 28.5 Å². The summed E-state index contributed by atoms with van der Waals surface area (Å²) < 4.78 is 21.8. The first kappa shape index (κ1) is 23.0. The van der Waals surface area contributed by atoms with Crippen molar-refractivity contribution in [2.75, 3.05) is 27.4 Å². The van der Waals surface area contributed by atoms with Crippen LogP contribution in [0.2, 0.25) is 0 Å². The van der Waals surface area contributed by atoms with Gasteiger partial charge in [-0.15, -0.1) is 0 Å². The molecular weight excluding hydrogens is 458 g/mol. The largest absolute Gasteiger partial charge is 0.493 e. The number of carbonyl (C=O) groups excluding carboxylic acids is 2. The number of rotatable bonds is 10. The van der Waals surface area contributed by atoms with Crippen LogP contribution in [0.25, 0.3) is 0 Å². The topological polar surface area (TPSA) is 121 Å². The van der Waals surface area contributed by atoms with E-state index in [4.69, 9.17) is 24.7 Å². The number of carbonyl (C=O) groups is 2. The molecule has 0 radical (unpaired) electrons. The number of hydrogen-bond acceptors (Lipinski definition) is 7. The predicted octanol–water partition coefficient (Wildman–Crippen LogP) is 2.49. The Morgan fingerprint density at radius 1 is 1.10 bits per heavy atom. The molecule has 2 amide bonds. The Morgan fingerprint density at radius 3 is 2.47 bits per heavy atom. The monoisotopic (exact) mass is 479 g/mol. The van der Waals surface area contributed by atoms with Crippen LogP contribution in [-0.2, 0) is 4.79 Å². The van der Waals surface area contributed by atoms with Gasteiger partial charge in [-0.2, -0.15) is 5.10 Å². The Hall–Kier alpha value is -3.27. The maximum Gasteiger partial charge on any atom is 0.271 e. The van der Waals surface area contributed by atoms with Gasteiger partial charge in [0.2, 0.25) is 0 Å². The minimum atomic E-state index is -0.608. The number of nitrogens with one attached hydrogen (secondary N) is 1. The third kappa shape index (κ3) is 6.11. The third-order valence-electron chi connectivity index (χ3n) is 3.72. The molecule has 0 unspecified atom stereocenters. The van der Waals surface area contributed by atoms with Crippen molar-refractivity contribution in [1.82, 2.24) is 5.43 Å². The number of hydrogen-bond donors (Lipinski definition) is 2. The number of benzene rings is 2. The molecule has 3 N–H and O–H groups in total. The lowest BCUT2D eigenvalue weighted by Gasteiger charge is -2.12. The summed E-state index contributed by atoms with van der Waals surface area (Å²) in [6.07, 6.45) is 1.44. The lowest BCUT2D eigenvalue weighted by atomic mass is 10.2. The summed E-state index contributed by atoms with van der Waals surface area (Å²) in [6, 6.07) is 8.17. The molecular formula is C20H22BrN3O6. The molecule has 0 aromatic heterocycles. The van der Waals surface area contributed by atoms with E-state index in [-0.39, 0.29) is 6.61 Å². The van der Waals surface area contributed by atoms with Crippen LogP contribution in [0.15, 0.2) is 39.9 Å². The lowest BCUT2D eigenvalue weighted by molar-refractivity contribution is -0.119. The number of ether oxygens (including phenoxy) is 4. The van der Waals surface area contributed by atoms with Crippen LogP contribution in [0.4, 0.5) is 0 Å². The van der Waals surface area contributed by atoms with Crippen molar-refractivity contribution in [1.29, 1.82) is 0 Å². The molecule has 0 aliphatic heterocycles. The van der Waals surface area contributed by atoms with Crippen LogP contribution in [0.5, 0.6) is 23.0 Å². The molecule has 2 aromatic carbocycles. The molecule has 0 aliphatic carbocycles. The van der Waals surface area contributed by atoms with Crippen LogP contribution in [0.1, 0.15) is 22.8 Å². The Morgan fingerprint density at radius 2 is 1.83 bits per heavy atom. The highest BCUT2D eigenvalue weighted by molar-refractivity contribution is 9.10. The second kappa shape index (κ2) is 11.1. The van der Waals surface area contributed by atoms with Crippen LogP contribution >= 0.6 is 15.9 Å². The van der Waals surface area contributed by atoms with Gasteiger partial charge >= 0.3 is 0 Å². The number of hydrazone groups is 1. The van der Waals surface area contributed by atoms with Crippen LogP contribution in [-0.4, -0.2) is 45.5 Å². The summed E-state index contributed by atoms with van der Waals surface area (Å²) in [4.78, 5) is 23.3. The number of methoxy groups -OCH3 is 2. The molecule has 2 aromatic rings. The second-order valence-electron chi connectivity index (χ2n) is 5.79. The molecule has 0 bridgehead atoms. The highest BCUT2D eigenvalue weighted by atomic mass is 79.9. The molecule has 160 valence electrons. The fraction of sp³-hybridized carbons (Fsp3) is 0.250. The summed E-state index contributed by atoms with van der Waals surface area (Å²) >= 11 is 3.35. The normalized spacial score (nSPS) is 10.5. The van der Waals surface area contributed by atoms with E-state index in [2.05, 4.69) is 26.5 Å². The Bertz CT molecular complexity index is 948. The molecule has 0 heterocycles. The molecule has 2 rings (SSSR count). The fourth-order valence-corrected chi connectivity index (χ4v) is 2.99. The van der Waals surface area contributed by atoms with Gasteiger partial charge < -0.3 is 24.7 Å². The van der Waals surface area contributed by atoms with E-state index >= 15 is 0 Å². The van der Waals surface area contributed by atoms with Crippen molar-refractivity contribution in [2.45, 2.75) is 6.92 Å². The number of nitrogens with zero attached hydrogens (tertiary/aromatic N) is 1. The quantitative estimate of drug-likeness (QED) is 0.398. The molecule has 10 heteroatoms. The zero-order valence-corrected chi connectivity index (χ0v) is 18.3. The Labute approximate surface area is 182 Å². The first-order valence-electron chi connectivity index (χ1n) is 8.82. The molecule has 0 spiro atoms. The van der Waals surface area contributed by atoms with Gasteiger partial charge in [0, 0.05) is 5.56 Å². The zero-order valence-electron chi connectivity index (χ0n) is 16.7. The molecule has 30 heavy (non-hydrogen) atoms. The molecule has 0 saturated heterocycles. The highest BCUT2D eigenvalue weighted by Gasteiger charge is 2.13. The van der Waals surface area contributed by atoms with Gasteiger partial charge in [-0.25, -0.2) is 5.43 Å². The van der Waals surface area contributed by atoms with Crippen molar-refractivity contribution in [3.05, 3.63) is 45.9 Å². The molecule has 0 aliphatic rings. The molecule has 0 saturated carbocycles. The number of amides is 2. The van der Waals surface area contributed by atoms with Crippen molar-refractivity contribution in [3.8, 4) is 23.0 Å². The van der Waals surface area contributed by atoms with E-state index in [9.17, 15) is 9.59 Å². The minimum absolute atomic E-state index is 0.288. The van der Waals surface area contributed by atoms with Gasteiger partial charge in [0.1, 0.15) is 0 Å². The van der Waals surface area contributed by atoms with E-state index in [1.54, 1.807) is 30.3 Å². The van der Waals surface area contributed by atoms with Crippen molar-refractivity contribution in [2.24, 2.45) is 10.8 Å². The highest BCUT2D eigenvalue weighted by Crippen LogP contribution is 2.36. The van der Waals surface area contributed by atoms with E-state index < -0.39 is 11.8 Å². The van der Waals surface area contributed by atoms with Crippen molar-refractivity contribution in [3.63, 3.8) is 0 Å². The Balaban J connectivity index is 2.11. The smallest absolute Gasteiger partial charge is 0.271 e. The first-order valence-corrected chi connectivity index (χ1v) is 9.61. The number of halogens is 1. The van der Waals surface area contributed by atoms with Crippen molar-refractivity contribution >= 4 is 34.0 Å². The standard InChI is InChI=1S/C20H22BrN3O6/c1-4-29-15-6-5-13(9-16(15)27-2)20(26)24-23-10-12-7-14(21)19(17(8-12)28-3)30-11-18(22)25/h5-10H,4,11H2,1-3H3,(H2,22,25)(H,24,26)/b23-10+. The van der Waals surface area contributed by atoms with Crippen LogP contribution in [0.3, 0.4) is 0 Å². The summed E-state index contributed by atoms with van der Waals surface area (Å²) in [7, 11) is 2.96. The van der Waals surface area contributed by atoms with E-state index in [0.717, 1.165) is 0 Å². The van der Waals surface area contributed by atoms with Gasteiger partial charge in [-0.3, -0.25) is 9.59 Å². The molecule has 0 atom stereocenters. The average molecular weight is 480 g/mol. The van der Waals surface area contributed by atoms with Crippen LogP contribution in [0, 0.1) is 0 Å². The maximum atomic E-state index is 12.3.